The van der Waals surface area contributed by atoms with E-state index in [4.69, 9.17) is 4.52 Å². The van der Waals surface area contributed by atoms with Crippen LogP contribution >= 0.6 is 0 Å². The zero-order chi connectivity index (χ0) is 18.0. The SMILES string of the molecule is Cc1cc(C)cc(NC(=O)C(=O)N2CCC[C@H](c3nc(C)no3)C2)c1. The molecule has 1 aromatic heterocycles. The van der Waals surface area contributed by atoms with Crippen molar-refractivity contribution in [3.8, 4) is 0 Å². The zero-order valence-electron chi connectivity index (χ0n) is 14.7. The molecular weight excluding hydrogens is 320 g/mol. The summed E-state index contributed by atoms with van der Waals surface area (Å²) in [4.78, 5) is 30.6. The van der Waals surface area contributed by atoms with Crippen molar-refractivity contribution in [3.63, 3.8) is 0 Å². The number of nitrogens with zero attached hydrogens (tertiary/aromatic N) is 3. The first-order valence-corrected chi connectivity index (χ1v) is 8.41. The summed E-state index contributed by atoms with van der Waals surface area (Å²) in [7, 11) is 0. The summed E-state index contributed by atoms with van der Waals surface area (Å²) in [5.41, 5.74) is 2.71. The number of hydrogen-bond donors (Lipinski definition) is 1. The molecule has 1 atom stereocenters. The van der Waals surface area contributed by atoms with E-state index in [1.807, 2.05) is 32.0 Å². The molecule has 0 unspecified atom stereocenters. The van der Waals surface area contributed by atoms with Crippen molar-refractivity contribution in [3.05, 3.63) is 41.0 Å². The maximum Gasteiger partial charge on any atom is 0.313 e. The molecule has 1 aromatic carbocycles. The zero-order valence-corrected chi connectivity index (χ0v) is 14.7. The average molecular weight is 342 g/mol. The van der Waals surface area contributed by atoms with E-state index >= 15 is 0 Å². The third-order valence-electron chi connectivity index (χ3n) is 4.27. The minimum atomic E-state index is -0.618. The molecule has 0 saturated carbocycles. The van der Waals surface area contributed by atoms with Crippen molar-refractivity contribution in [2.45, 2.75) is 39.5 Å². The van der Waals surface area contributed by atoms with Gasteiger partial charge in [0, 0.05) is 18.8 Å². The van der Waals surface area contributed by atoms with Gasteiger partial charge in [-0.2, -0.15) is 4.98 Å². The van der Waals surface area contributed by atoms with E-state index in [1.165, 1.54) is 0 Å². The van der Waals surface area contributed by atoms with E-state index in [0.29, 0.717) is 30.5 Å². The van der Waals surface area contributed by atoms with E-state index in [-0.39, 0.29) is 5.92 Å². The summed E-state index contributed by atoms with van der Waals surface area (Å²) in [6.45, 7) is 6.64. The molecule has 7 heteroatoms. The first kappa shape index (κ1) is 17.1. The number of amides is 2. The Kier molecular flexibility index (Phi) is 4.83. The largest absolute Gasteiger partial charge is 0.339 e. The van der Waals surface area contributed by atoms with Crippen LogP contribution in [0.15, 0.2) is 22.7 Å². The third kappa shape index (κ3) is 4.04. The van der Waals surface area contributed by atoms with Crippen LogP contribution in [0.1, 0.15) is 41.6 Å². The second-order valence-electron chi connectivity index (χ2n) is 6.60. The van der Waals surface area contributed by atoms with Gasteiger partial charge in [0.15, 0.2) is 5.82 Å². The topological polar surface area (TPSA) is 88.3 Å². The van der Waals surface area contributed by atoms with Crippen molar-refractivity contribution in [1.29, 1.82) is 0 Å². The quantitative estimate of drug-likeness (QED) is 0.846. The van der Waals surface area contributed by atoms with Gasteiger partial charge in [-0.1, -0.05) is 11.2 Å². The summed E-state index contributed by atoms with van der Waals surface area (Å²) in [5.74, 6) is -0.0592. The van der Waals surface area contributed by atoms with E-state index in [9.17, 15) is 9.59 Å². The van der Waals surface area contributed by atoms with Crippen molar-refractivity contribution in [1.82, 2.24) is 15.0 Å². The molecule has 2 amide bonds. The Balaban J connectivity index is 1.66. The van der Waals surface area contributed by atoms with Gasteiger partial charge in [0.1, 0.15) is 0 Å². The molecular formula is C18H22N4O3. The van der Waals surface area contributed by atoms with Gasteiger partial charge in [0.2, 0.25) is 5.89 Å². The molecule has 1 fully saturated rings. The minimum Gasteiger partial charge on any atom is -0.339 e. The first-order valence-electron chi connectivity index (χ1n) is 8.41. The van der Waals surface area contributed by atoms with Crippen LogP contribution in [0.4, 0.5) is 5.69 Å². The molecule has 1 N–H and O–H groups in total. The first-order chi connectivity index (χ1) is 11.9. The number of anilines is 1. The van der Waals surface area contributed by atoms with E-state index in [1.54, 1.807) is 11.8 Å². The van der Waals surface area contributed by atoms with Crippen LogP contribution in [-0.2, 0) is 9.59 Å². The Hall–Kier alpha value is -2.70. The Morgan fingerprint density at radius 2 is 1.92 bits per heavy atom. The number of piperidine rings is 1. The fourth-order valence-corrected chi connectivity index (χ4v) is 3.22. The molecule has 2 heterocycles. The van der Waals surface area contributed by atoms with E-state index in [0.717, 1.165) is 24.0 Å². The normalized spacial score (nSPS) is 17.4. The summed E-state index contributed by atoms with van der Waals surface area (Å²) >= 11 is 0. The monoisotopic (exact) mass is 342 g/mol. The number of benzene rings is 1. The van der Waals surface area contributed by atoms with Crippen molar-refractivity contribution < 1.29 is 14.1 Å². The van der Waals surface area contributed by atoms with Crippen LogP contribution in [0, 0.1) is 20.8 Å². The maximum absolute atomic E-state index is 12.5. The highest BCUT2D eigenvalue weighted by atomic mass is 16.5. The molecule has 0 bridgehead atoms. The van der Waals surface area contributed by atoms with Gasteiger partial charge in [-0.15, -0.1) is 0 Å². The number of hydrogen-bond acceptors (Lipinski definition) is 5. The lowest BCUT2D eigenvalue weighted by atomic mass is 9.98. The fourth-order valence-electron chi connectivity index (χ4n) is 3.22. The summed E-state index contributed by atoms with van der Waals surface area (Å²) in [5, 5.41) is 6.50. The highest BCUT2D eigenvalue weighted by molar-refractivity contribution is 6.39. The molecule has 0 spiro atoms. The lowest BCUT2D eigenvalue weighted by Gasteiger charge is -2.30. The predicted octanol–water partition coefficient (Wildman–Crippen LogP) is 2.34. The van der Waals surface area contributed by atoms with Crippen molar-refractivity contribution in [2.24, 2.45) is 0 Å². The summed E-state index contributed by atoms with van der Waals surface area (Å²) in [6, 6.07) is 5.70. The van der Waals surface area contributed by atoms with Crippen LogP contribution in [0.5, 0.6) is 0 Å². The second-order valence-corrected chi connectivity index (χ2v) is 6.60. The molecule has 1 aliphatic rings. The van der Waals surface area contributed by atoms with Gasteiger partial charge in [0.25, 0.3) is 0 Å². The molecule has 0 radical (unpaired) electrons. The van der Waals surface area contributed by atoms with Crippen LogP contribution < -0.4 is 5.32 Å². The highest BCUT2D eigenvalue weighted by Gasteiger charge is 2.31. The number of likely N-dealkylation sites (tertiary alicyclic amines) is 1. The molecule has 0 aliphatic carbocycles. The Morgan fingerprint density at radius 1 is 1.20 bits per heavy atom. The number of aromatic nitrogens is 2. The summed E-state index contributed by atoms with van der Waals surface area (Å²) in [6.07, 6.45) is 1.67. The third-order valence-corrected chi connectivity index (χ3v) is 4.27. The number of carbonyl (C=O) groups excluding carboxylic acids is 2. The van der Waals surface area contributed by atoms with Crippen molar-refractivity contribution in [2.75, 3.05) is 18.4 Å². The van der Waals surface area contributed by atoms with E-state index < -0.39 is 11.8 Å². The molecule has 25 heavy (non-hydrogen) atoms. The van der Waals surface area contributed by atoms with Gasteiger partial charge in [-0.05, 0) is 56.9 Å². The maximum atomic E-state index is 12.5. The van der Waals surface area contributed by atoms with E-state index in [2.05, 4.69) is 15.5 Å². The second kappa shape index (κ2) is 7.04. The highest BCUT2D eigenvalue weighted by Crippen LogP contribution is 2.26. The molecule has 7 nitrogen and oxygen atoms in total. The molecule has 1 aliphatic heterocycles. The average Bonchev–Trinajstić information content (AvgIpc) is 3.00. The van der Waals surface area contributed by atoms with Crippen LogP contribution in [-0.4, -0.2) is 39.9 Å². The van der Waals surface area contributed by atoms with Gasteiger partial charge in [-0.25, -0.2) is 0 Å². The van der Waals surface area contributed by atoms with Gasteiger partial charge >= 0.3 is 11.8 Å². The number of rotatable bonds is 2. The minimum absolute atomic E-state index is 0.0204. The number of carbonyl (C=O) groups is 2. The Morgan fingerprint density at radius 3 is 2.56 bits per heavy atom. The summed E-state index contributed by atoms with van der Waals surface area (Å²) < 4.78 is 5.21. The Labute approximate surface area is 146 Å². The van der Waals surface area contributed by atoms with Crippen LogP contribution in [0.2, 0.25) is 0 Å². The van der Waals surface area contributed by atoms with Gasteiger partial charge in [-0.3, -0.25) is 9.59 Å². The van der Waals surface area contributed by atoms with Gasteiger partial charge < -0.3 is 14.7 Å². The molecule has 1 saturated heterocycles. The molecule has 3 rings (SSSR count). The lowest BCUT2D eigenvalue weighted by Crippen LogP contribution is -2.44. The van der Waals surface area contributed by atoms with Gasteiger partial charge in [0.05, 0.1) is 5.92 Å². The smallest absolute Gasteiger partial charge is 0.313 e. The number of aryl methyl sites for hydroxylation is 3. The number of nitrogens with one attached hydrogen (secondary N) is 1. The molecule has 2 aromatic rings. The standard InChI is InChI=1S/C18H22N4O3/c1-11-7-12(2)9-15(8-11)20-16(23)18(24)22-6-4-5-14(10-22)17-19-13(3)21-25-17/h7-9,14H,4-6,10H2,1-3H3,(H,20,23)/t14-/m0/s1. The fraction of sp³-hybridized carbons (Fsp3) is 0.444. The van der Waals surface area contributed by atoms with Crippen LogP contribution in [0.25, 0.3) is 0 Å². The Bertz CT molecular complexity index is 779. The lowest BCUT2D eigenvalue weighted by molar-refractivity contribution is -0.144. The predicted molar refractivity (Wildman–Crippen MR) is 92.1 cm³/mol. The molecule has 132 valence electrons. The van der Waals surface area contributed by atoms with Crippen molar-refractivity contribution >= 4 is 17.5 Å². The van der Waals surface area contributed by atoms with Crippen LogP contribution in [0.3, 0.4) is 0 Å².